The van der Waals surface area contributed by atoms with Crippen molar-refractivity contribution in [2.24, 2.45) is 0 Å². The normalized spacial score (nSPS) is 19.9. The summed E-state index contributed by atoms with van der Waals surface area (Å²) in [5, 5.41) is 11.7. The summed E-state index contributed by atoms with van der Waals surface area (Å²) in [7, 11) is 3.29. The van der Waals surface area contributed by atoms with E-state index in [1.165, 1.54) is 0 Å². The summed E-state index contributed by atoms with van der Waals surface area (Å²) >= 11 is 6.13. The topological polar surface area (TPSA) is 79.3 Å². The van der Waals surface area contributed by atoms with Crippen LogP contribution >= 0.6 is 11.6 Å². The fraction of sp³-hybridized carbons (Fsp3) is 0.474. The molecule has 0 bridgehead atoms. The van der Waals surface area contributed by atoms with Gasteiger partial charge in [-0.25, -0.2) is 4.79 Å². The highest BCUT2D eigenvalue weighted by atomic mass is 35.5. The van der Waals surface area contributed by atoms with Crippen LogP contribution in [-0.2, 0) is 14.4 Å². The quantitative estimate of drug-likeness (QED) is 0.793. The second-order valence-corrected chi connectivity index (χ2v) is 7.43. The summed E-state index contributed by atoms with van der Waals surface area (Å²) in [5.41, 5.74) is 1.78. The predicted molar refractivity (Wildman–Crippen MR) is 100 cm³/mol. The van der Waals surface area contributed by atoms with Crippen molar-refractivity contribution < 1.29 is 24.3 Å². The number of hydrogen-bond acceptors (Lipinski definition) is 5. The van der Waals surface area contributed by atoms with Crippen molar-refractivity contribution in [2.45, 2.75) is 32.2 Å². The van der Waals surface area contributed by atoms with E-state index in [4.69, 9.17) is 21.2 Å². The van der Waals surface area contributed by atoms with Gasteiger partial charge in [-0.1, -0.05) is 11.6 Å². The lowest BCUT2D eigenvalue weighted by atomic mass is 9.84. The van der Waals surface area contributed by atoms with Gasteiger partial charge in [0.15, 0.2) is 5.76 Å². The molecule has 1 fully saturated rings. The van der Waals surface area contributed by atoms with E-state index in [0.29, 0.717) is 42.1 Å². The van der Waals surface area contributed by atoms with Crippen LogP contribution in [0.15, 0.2) is 17.9 Å². The van der Waals surface area contributed by atoms with E-state index in [9.17, 15) is 14.7 Å². The molecule has 146 valence electrons. The first-order valence-corrected chi connectivity index (χ1v) is 9.09. The SMILES string of the molecule is CON1CCC2(CC1)C(OC(=O)O)=C(c1c(C)cc(Cl)cc1C)C(=O)N2C. The zero-order chi connectivity index (χ0) is 19.9. The lowest BCUT2D eigenvalue weighted by molar-refractivity contribution is -0.162. The minimum atomic E-state index is -1.43. The maximum absolute atomic E-state index is 13.2. The third-order valence-corrected chi connectivity index (χ3v) is 5.77. The van der Waals surface area contributed by atoms with Gasteiger partial charge in [-0.05, 0) is 55.5 Å². The molecule has 1 aromatic rings. The third-order valence-electron chi connectivity index (χ3n) is 5.55. The first-order chi connectivity index (χ1) is 12.7. The number of rotatable bonds is 3. The number of carboxylic acid groups (broad SMARTS) is 1. The van der Waals surface area contributed by atoms with Gasteiger partial charge >= 0.3 is 6.16 Å². The van der Waals surface area contributed by atoms with Gasteiger partial charge in [-0.3, -0.25) is 4.79 Å². The highest BCUT2D eigenvalue weighted by Crippen LogP contribution is 2.47. The maximum atomic E-state index is 13.2. The van der Waals surface area contributed by atoms with Crippen molar-refractivity contribution in [1.82, 2.24) is 9.96 Å². The summed E-state index contributed by atoms with van der Waals surface area (Å²) in [6.45, 7) is 4.83. The summed E-state index contributed by atoms with van der Waals surface area (Å²) in [6, 6.07) is 3.53. The molecule has 1 saturated heterocycles. The van der Waals surface area contributed by atoms with E-state index in [2.05, 4.69) is 0 Å². The van der Waals surface area contributed by atoms with Crippen molar-refractivity contribution in [3.63, 3.8) is 0 Å². The Labute approximate surface area is 163 Å². The first kappa shape index (κ1) is 19.7. The molecule has 0 saturated carbocycles. The zero-order valence-corrected chi connectivity index (χ0v) is 16.6. The zero-order valence-electron chi connectivity index (χ0n) is 15.8. The Hall–Kier alpha value is -2.09. The van der Waals surface area contributed by atoms with E-state index < -0.39 is 11.7 Å². The van der Waals surface area contributed by atoms with Crippen LogP contribution in [0.25, 0.3) is 5.57 Å². The van der Waals surface area contributed by atoms with Crippen LogP contribution in [0.1, 0.15) is 29.5 Å². The second-order valence-electron chi connectivity index (χ2n) is 6.99. The van der Waals surface area contributed by atoms with Crippen molar-refractivity contribution in [2.75, 3.05) is 27.2 Å². The van der Waals surface area contributed by atoms with Crippen molar-refractivity contribution in [1.29, 1.82) is 0 Å². The van der Waals surface area contributed by atoms with Crippen molar-refractivity contribution in [3.05, 3.63) is 39.6 Å². The number of amides is 1. The fourth-order valence-electron chi connectivity index (χ4n) is 4.20. The van der Waals surface area contributed by atoms with Crippen LogP contribution in [0.3, 0.4) is 0 Å². The molecule has 3 rings (SSSR count). The number of likely N-dealkylation sites (N-methyl/N-ethyl adjacent to an activating group) is 1. The number of aryl methyl sites for hydroxylation is 2. The van der Waals surface area contributed by atoms with Gasteiger partial charge in [0.05, 0.1) is 12.7 Å². The molecule has 1 spiro atoms. The third kappa shape index (κ3) is 3.20. The molecule has 2 heterocycles. The number of piperidine rings is 1. The summed E-state index contributed by atoms with van der Waals surface area (Å²) in [5.74, 6) is -0.0441. The standard InChI is InChI=1S/C19H23ClN2O5/c1-11-9-13(20)10-12(2)14(11)15-16(27-18(24)25)19(21(3)17(15)23)5-7-22(26-4)8-6-19/h9-10H,5-8H2,1-4H3,(H,24,25). The lowest BCUT2D eigenvalue weighted by Gasteiger charge is -2.43. The van der Waals surface area contributed by atoms with Gasteiger partial charge in [0.2, 0.25) is 0 Å². The molecule has 0 aliphatic carbocycles. The molecule has 1 N–H and O–H groups in total. The van der Waals surface area contributed by atoms with Crippen LogP contribution in [-0.4, -0.2) is 59.9 Å². The Morgan fingerprint density at radius 2 is 1.78 bits per heavy atom. The Balaban J connectivity index is 2.20. The average molecular weight is 395 g/mol. The van der Waals surface area contributed by atoms with E-state index >= 15 is 0 Å². The number of benzene rings is 1. The van der Waals surface area contributed by atoms with Crippen molar-refractivity contribution >= 4 is 29.2 Å². The number of hydrogen-bond donors (Lipinski definition) is 1. The molecule has 1 aromatic carbocycles. The molecule has 1 amide bonds. The molecular weight excluding hydrogens is 372 g/mol. The number of carbonyl (C=O) groups excluding carboxylic acids is 1. The van der Waals surface area contributed by atoms with Gasteiger partial charge in [0.25, 0.3) is 5.91 Å². The van der Waals surface area contributed by atoms with Gasteiger partial charge in [0.1, 0.15) is 5.54 Å². The van der Waals surface area contributed by atoms with E-state index in [1.807, 2.05) is 13.8 Å². The van der Waals surface area contributed by atoms with E-state index in [0.717, 1.165) is 11.1 Å². The largest absolute Gasteiger partial charge is 0.511 e. The molecule has 0 radical (unpaired) electrons. The van der Waals surface area contributed by atoms with Gasteiger partial charge in [-0.15, -0.1) is 0 Å². The molecule has 2 aliphatic heterocycles. The smallest absolute Gasteiger partial charge is 0.449 e. The van der Waals surface area contributed by atoms with Gasteiger partial charge < -0.3 is 19.6 Å². The molecule has 7 nitrogen and oxygen atoms in total. The highest BCUT2D eigenvalue weighted by Gasteiger charge is 2.54. The fourth-order valence-corrected chi connectivity index (χ4v) is 4.53. The number of nitrogens with zero attached hydrogens (tertiary/aromatic N) is 2. The molecule has 8 heteroatoms. The average Bonchev–Trinajstić information content (AvgIpc) is 2.78. The molecule has 0 aromatic heterocycles. The second kappa shape index (κ2) is 7.14. The number of ether oxygens (including phenoxy) is 1. The molecule has 0 unspecified atom stereocenters. The van der Waals surface area contributed by atoms with Gasteiger partial charge in [0, 0.05) is 25.2 Å². The molecule has 27 heavy (non-hydrogen) atoms. The van der Waals surface area contributed by atoms with E-state index in [-0.39, 0.29) is 11.7 Å². The number of halogens is 1. The minimum absolute atomic E-state index is 0.201. The van der Waals surface area contributed by atoms with Crippen LogP contribution < -0.4 is 0 Å². The lowest BCUT2D eigenvalue weighted by Crippen LogP contribution is -2.53. The van der Waals surface area contributed by atoms with Crippen LogP contribution in [0.2, 0.25) is 5.02 Å². The summed E-state index contributed by atoms with van der Waals surface area (Å²) < 4.78 is 5.26. The Kier molecular flexibility index (Phi) is 5.20. The van der Waals surface area contributed by atoms with Gasteiger partial charge in [-0.2, -0.15) is 5.06 Å². The monoisotopic (exact) mass is 394 g/mol. The molecule has 0 atom stereocenters. The maximum Gasteiger partial charge on any atom is 0.511 e. The Bertz CT molecular complexity index is 804. The number of carbonyl (C=O) groups is 2. The molecule has 2 aliphatic rings. The van der Waals surface area contributed by atoms with Crippen LogP contribution in [0, 0.1) is 13.8 Å². The first-order valence-electron chi connectivity index (χ1n) is 8.71. The van der Waals surface area contributed by atoms with Crippen molar-refractivity contribution in [3.8, 4) is 0 Å². The number of hydroxylamine groups is 2. The highest BCUT2D eigenvalue weighted by molar-refractivity contribution is 6.31. The van der Waals surface area contributed by atoms with E-state index in [1.54, 1.807) is 36.3 Å². The molecular formula is C19H23ClN2O5. The predicted octanol–water partition coefficient (Wildman–Crippen LogP) is 3.23. The Morgan fingerprint density at radius 1 is 1.22 bits per heavy atom. The Morgan fingerprint density at radius 3 is 2.26 bits per heavy atom. The van der Waals surface area contributed by atoms with Crippen LogP contribution in [0.4, 0.5) is 4.79 Å². The summed E-state index contributed by atoms with van der Waals surface area (Å²) in [6.07, 6.45) is -0.398. The van der Waals surface area contributed by atoms with Crippen LogP contribution in [0.5, 0.6) is 0 Å². The minimum Gasteiger partial charge on any atom is -0.449 e. The summed E-state index contributed by atoms with van der Waals surface area (Å²) in [4.78, 5) is 31.6.